The fourth-order valence-corrected chi connectivity index (χ4v) is 7.29. The zero-order chi connectivity index (χ0) is 25.3. The molecule has 1 atom stereocenters. The highest BCUT2D eigenvalue weighted by Crippen LogP contribution is 2.32. The van der Waals surface area contributed by atoms with Crippen LogP contribution in [0.15, 0.2) is 71.9 Å². The third kappa shape index (κ3) is 4.91. The van der Waals surface area contributed by atoms with Crippen molar-refractivity contribution >= 4 is 42.6 Å². The first-order chi connectivity index (χ1) is 17.3. The van der Waals surface area contributed by atoms with E-state index in [1.54, 1.807) is 33.7 Å². The Kier molecular flexibility index (Phi) is 6.87. The van der Waals surface area contributed by atoms with Crippen molar-refractivity contribution in [3.05, 3.63) is 83.7 Å². The number of anilines is 1. The topological polar surface area (TPSA) is 83.5 Å². The molecule has 4 aromatic rings. The molecule has 1 fully saturated rings. The van der Waals surface area contributed by atoms with Crippen molar-refractivity contribution < 1.29 is 13.2 Å². The SMILES string of the molecule is Cc1ccc2nc(N(Cc3cccnc3)C(=O)c3ccc(S(=O)(=O)N4CCCCC4C)cc3)sc2c1. The Morgan fingerprint density at radius 1 is 1.14 bits per heavy atom. The number of sulfonamides is 1. The quantitative estimate of drug-likeness (QED) is 0.339. The van der Waals surface area contributed by atoms with Crippen LogP contribution in [0.1, 0.15) is 47.7 Å². The van der Waals surface area contributed by atoms with E-state index in [2.05, 4.69) is 11.1 Å². The number of nitrogens with zero attached hydrogens (tertiary/aromatic N) is 4. The highest BCUT2D eigenvalue weighted by Gasteiger charge is 2.31. The van der Waals surface area contributed by atoms with Crippen molar-refractivity contribution in [1.29, 1.82) is 0 Å². The summed E-state index contributed by atoms with van der Waals surface area (Å²) in [6, 6.07) is 16.0. The number of carbonyl (C=O) groups excluding carboxylic acids is 1. The highest BCUT2D eigenvalue weighted by atomic mass is 32.2. The van der Waals surface area contributed by atoms with Gasteiger partial charge in [-0.25, -0.2) is 13.4 Å². The number of aryl methyl sites for hydroxylation is 1. The second-order valence-corrected chi connectivity index (χ2v) is 12.1. The fraction of sp³-hybridized carbons (Fsp3) is 0.296. The van der Waals surface area contributed by atoms with E-state index in [1.807, 2.05) is 38.1 Å². The summed E-state index contributed by atoms with van der Waals surface area (Å²) in [5, 5.41) is 0.586. The predicted molar refractivity (Wildman–Crippen MR) is 143 cm³/mol. The van der Waals surface area contributed by atoms with Crippen LogP contribution in [0.2, 0.25) is 0 Å². The zero-order valence-electron chi connectivity index (χ0n) is 20.3. The second-order valence-electron chi connectivity index (χ2n) is 9.21. The van der Waals surface area contributed by atoms with Crippen LogP contribution in [-0.2, 0) is 16.6 Å². The molecule has 0 spiro atoms. The van der Waals surface area contributed by atoms with Crippen molar-refractivity contribution in [2.45, 2.75) is 50.6 Å². The number of aromatic nitrogens is 2. The highest BCUT2D eigenvalue weighted by molar-refractivity contribution is 7.89. The first-order valence-corrected chi connectivity index (χ1v) is 14.3. The van der Waals surface area contributed by atoms with Gasteiger partial charge in [-0.15, -0.1) is 0 Å². The Bertz CT molecular complexity index is 1480. The van der Waals surface area contributed by atoms with Crippen LogP contribution >= 0.6 is 11.3 Å². The van der Waals surface area contributed by atoms with Crippen LogP contribution in [0.3, 0.4) is 0 Å². The van der Waals surface area contributed by atoms with Gasteiger partial charge in [0.2, 0.25) is 10.0 Å². The molecule has 1 unspecified atom stereocenters. The summed E-state index contributed by atoms with van der Waals surface area (Å²) in [6.45, 7) is 4.80. The molecule has 0 aliphatic carbocycles. The standard InChI is InChI=1S/C27H28N4O3S2/c1-19-8-13-24-25(16-19)35-27(29-24)30(18-21-7-5-14-28-17-21)26(32)22-9-11-23(12-10-22)36(33,34)31-15-4-3-6-20(31)2/h5,7-14,16-17,20H,3-4,6,15,18H2,1-2H3. The number of hydrogen-bond donors (Lipinski definition) is 0. The summed E-state index contributed by atoms with van der Waals surface area (Å²) in [5.74, 6) is -0.245. The van der Waals surface area contributed by atoms with Gasteiger partial charge in [-0.1, -0.05) is 29.9 Å². The van der Waals surface area contributed by atoms with Gasteiger partial charge in [-0.2, -0.15) is 4.31 Å². The van der Waals surface area contributed by atoms with Crippen LogP contribution in [0.5, 0.6) is 0 Å². The maximum atomic E-state index is 13.7. The summed E-state index contributed by atoms with van der Waals surface area (Å²) in [4.78, 5) is 24.5. The van der Waals surface area contributed by atoms with E-state index in [4.69, 9.17) is 4.98 Å². The molecule has 9 heteroatoms. The molecule has 1 amide bonds. The molecule has 0 bridgehead atoms. The Morgan fingerprint density at radius 3 is 2.67 bits per heavy atom. The Hall–Kier alpha value is -3.14. The van der Waals surface area contributed by atoms with Gasteiger partial charge < -0.3 is 0 Å². The van der Waals surface area contributed by atoms with Crippen LogP contribution in [-0.4, -0.2) is 41.2 Å². The first-order valence-electron chi connectivity index (χ1n) is 12.0. The van der Waals surface area contributed by atoms with Gasteiger partial charge in [0.25, 0.3) is 5.91 Å². The number of rotatable bonds is 6. The summed E-state index contributed by atoms with van der Waals surface area (Å²) < 4.78 is 29.0. The number of pyridine rings is 1. The van der Waals surface area contributed by atoms with Crippen LogP contribution < -0.4 is 4.90 Å². The van der Waals surface area contributed by atoms with Crippen LogP contribution in [0.4, 0.5) is 5.13 Å². The van der Waals surface area contributed by atoms with E-state index in [9.17, 15) is 13.2 Å². The van der Waals surface area contributed by atoms with E-state index in [1.165, 1.54) is 23.5 Å². The monoisotopic (exact) mass is 520 g/mol. The molecular formula is C27H28N4O3S2. The average molecular weight is 521 g/mol. The lowest BCUT2D eigenvalue weighted by molar-refractivity contribution is 0.0985. The maximum Gasteiger partial charge on any atom is 0.260 e. The summed E-state index contributed by atoms with van der Waals surface area (Å²) in [5.41, 5.74) is 3.24. The summed E-state index contributed by atoms with van der Waals surface area (Å²) in [7, 11) is -3.61. The molecule has 7 nitrogen and oxygen atoms in total. The Labute approximate surface area is 215 Å². The molecule has 0 radical (unpaired) electrons. The molecule has 1 aliphatic rings. The minimum Gasteiger partial charge on any atom is -0.279 e. The van der Waals surface area contributed by atoms with Crippen molar-refractivity contribution in [2.24, 2.45) is 0 Å². The van der Waals surface area contributed by atoms with Crippen molar-refractivity contribution in [3.8, 4) is 0 Å². The van der Waals surface area contributed by atoms with Crippen LogP contribution in [0.25, 0.3) is 10.2 Å². The largest absolute Gasteiger partial charge is 0.279 e. The molecule has 2 aromatic carbocycles. The van der Waals surface area contributed by atoms with Gasteiger partial charge in [0, 0.05) is 30.5 Å². The first kappa shape index (κ1) is 24.5. The molecule has 0 N–H and O–H groups in total. The summed E-state index contributed by atoms with van der Waals surface area (Å²) >= 11 is 1.46. The van der Waals surface area contributed by atoms with Crippen molar-refractivity contribution in [1.82, 2.24) is 14.3 Å². The van der Waals surface area contributed by atoms with E-state index < -0.39 is 10.0 Å². The molecule has 1 aliphatic heterocycles. The van der Waals surface area contributed by atoms with Crippen molar-refractivity contribution in [2.75, 3.05) is 11.4 Å². The molecule has 5 rings (SSSR count). The minimum absolute atomic E-state index is 0.0253. The smallest absolute Gasteiger partial charge is 0.260 e. The minimum atomic E-state index is -3.61. The molecule has 36 heavy (non-hydrogen) atoms. The number of fused-ring (bicyclic) bond motifs is 1. The van der Waals surface area contributed by atoms with Gasteiger partial charge in [0.05, 0.1) is 21.7 Å². The Balaban J connectivity index is 1.47. The van der Waals surface area contributed by atoms with Gasteiger partial charge in [-0.3, -0.25) is 14.7 Å². The molecule has 3 heterocycles. The third-order valence-corrected chi connectivity index (χ3v) is 9.59. The fourth-order valence-electron chi connectivity index (χ4n) is 4.53. The van der Waals surface area contributed by atoms with Gasteiger partial charge in [0.15, 0.2) is 5.13 Å². The third-order valence-electron chi connectivity index (χ3n) is 6.52. The number of piperidine rings is 1. The normalized spacial score (nSPS) is 16.8. The Morgan fingerprint density at radius 2 is 1.94 bits per heavy atom. The second kappa shape index (κ2) is 10.1. The molecule has 2 aromatic heterocycles. The molecule has 1 saturated heterocycles. The number of benzene rings is 2. The van der Waals surface area contributed by atoms with Gasteiger partial charge >= 0.3 is 0 Å². The lowest BCUT2D eigenvalue weighted by Crippen LogP contribution is -2.41. The van der Waals surface area contributed by atoms with Crippen LogP contribution in [0, 0.1) is 6.92 Å². The number of hydrogen-bond acceptors (Lipinski definition) is 6. The van der Waals surface area contributed by atoms with E-state index in [0.717, 1.165) is 40.6 Å². The zero-order valence-corrected chi connectivity index (χ0v) is 21.9. The van der Waals surface area contributed by atoms with Gasteiger partial charge in [0.1, 0.15) is 0 Å². The van der Waals surface area contributed by atoms with E-state index >= 15 is 0 Å². The molecule has 0 saturated carbocycles. The predicted octanol–water partition coefficient (Wildman–Crippen LogP) is 5.41. The molecular weight excluding hydrogens is 492 g/mol. The number of carbonyl (C=O) groups is 1. The average Bonchev–Trinajstić information content (AvgIpc) is 3.30. The maximum absolute atomic E-state index is 13.7. The number of thiazole rings is 1. The lowest BCUT2D eigenvalue weighted by Gasteiger charge is -2.32. The van der Waals surface area contributed by atoms with Gasteiger partial charge in [-0.05, 0) is 80.3 Å². The van der Waals surface area contributed by atoms with E-state index in [-0.39, 0.29) is 16.8 Å². The van der Waals surface area contributed by atoms with Crippen molar-refractivity contribution in [3.63, 3.8) is 0 Å². The molecule has 186 valence electrons. The van der Waals surface area contributed by atoms with E-state index in [0.29, 0.717) is 23.8 Å². The number of amides is 1. The lowest BCUT2D eigenvalue weighted by atomic mass is 10.1. The summed E-state index contributed by atoms with van der Waals surface area (Å²) in [6.07, 6.45) is 6.19.